The van der Waals surface area contributed by atoms with E-state index in [0.717, 1.165) is 64.3 Å². The fourth-order valence-corrected chi connectivity index (χ4v) is 4.97. The molecule has 2 atom stereocenters. The van der Waals surface area contributed by atoms with Crippen molar-refractivity contribution in [2.24, 2.45) is 0 Å². The smallest absolute Gasteiger partial charge is 0.333 e. The third-order valence-electron chi connectivity index (χ3n) is 7.29. The minimum absolute atomic E-state index is 0.0658. The van der Waals surface area contributed by atoms with Crippen LogP contribution in [0.4, 0.5) is 0 Å². The zero-order valence-electron chi connectivity index (χ0n) is 24.6. The lowest BCUT2D eigenvalue weighted by molar-refractivity contribution is -0.688. The molecule has 0 fully saturated rings. The topological polar surface area (TPSA) is 61.4 Å². The van der Waals surface area contributed by atoms with Gasteiger partial charge in [0.1, 0.15) is 31.1 Å². The second-order valence-electron chi connectivity index (χ2n) is 10.7. The molecule has 2 rings (SSSR count). The highest BCUT2D eigenvalue weighted by molar-refractivity contribution is 5.87. The van der Waals surface area contributed by atoms with E-state index in [-0.39, 0.29) is 24.1 Å². The number of carbonyl (C=O) groups is 2. The number of nitrogens with zero attached hydrogens (tertiary/aromatic N) is 2. The van der Waals surface area contributed by atoms with Crippen LogP contribution in [0.3, 0.4) is 0 Å². The van der Waals surface area contributed by atoms with E-state index in [2.05, 4.69) is 65.6 Å². The molecule has 216 valence electrons. The number of esters is 2. The van der Waals surface area contributed by atoms with Gasteiger partial charge in [-0.15, -0.1) is 0 Å². The summed E-state index contributed by atoms with van der Waals surface area (Å²) in [7, 11) is 1.44. The Labute approximate surface area is 236 Å². The van der Waals surface area contributed by atoms with Gasteiger partial charge in [-0.05, 0) is 44.6 Å². The van der Waals surface area contributed by atoms with Gasteiger partial charge in [0.15, 0.2) is 0 Å². The van der Waals surface area contributed by atoms with Crippen molar-refractivity contribution in [3.05, 3.63) is 66.8 Å². The molecule has 1 aromatic heterocycles. The Morgan fingerprint density at radius 2 is 1.56 bits per heavy atom. The molecular formula is C33H51N2O4+. The van der Waals surface area contributed by atoms with E-state index in [1.165, 1.54) is 38.4 Å². The summed E-state index contributed by atoms with van der Waals surface area (Å²) in [5.41, 5.74) is 1.69. The van der Waals surface area contributed by atoms with Gasteiger partial charge in [0, 0.05) is 12.0 Å². The van der Waals surface area contributed by atoms with Crippen molar-refractivity contribution in [1.82, 2.24) is 4.57 Å². The minimum atomic E-state index is -0.303. The Bertz CT molecular complexity index is 969. The number of carbonyl (C=O) groups excluding carboxylic acids is 2. The first-order chi connectivity index (χ1) is 18.9. The van der Waals surface area contributed by atoms with Crippen molar-refractivity contribution >= 4 is 11.9 Å². The van der Waals surface area contributed by atoms with E-state index in [1.54, 1.807) is 6.92 Å². The summed E-state index contributed by atoms with van der Waals surface area (Å²) in [5, 5.41) is 0. The maximum Gasteiger partial charge on any atom is 0.333 e. The highest BCUT2D eigenvalue weighted by atomic mass is 16.5. The zero-order chi connectivity index (χ0) is 28.3. The standard InChI is InChI=1S/C33H51N2O4/c1-5-6-7-8-11-17-22-31(39-33(37)28(2)3)30(21-16-10-9-12-18-23-32(36)38-4)35-25-24-34(27-35)26-29-19-14-13-15-20-29/h13-15,19-20,24-25,27,30-31H,2,5-12,16-18,21-23,26H2,1,3-4H3/q+1. The zero-order valence-corrected chi connectivity index (χ0v) is 24.6. The van der Waals surface area contributed by atoms with Crippen LogP contribution in [0.25, 0.3) is 0 Å². The number of imidazole rings is 1. The fourth-order valence-electron chi connectivity index (χ4n) is 4.97. The molecule has 0 bridgehead atoms. The Morgan fingerprint density at radius 1 is 0.923 bits per heavy atom. The number of hydrogen-bond donors (Lipinski definition) is 0. The van der Waals surface area contributed by atoms with Gasteiger partial charge in [-0.2, -0.15) is 0 Å². The van der Waals surface area contributed by atoms with E-state index in [1.807, 2.05) is 6.07 Å². The average Bonchev–Trinajstić information content (AvgIpc) is 3.39. The Kier molecular flexibility index (Phi) is 15.9. The van der Waals surface area contributed by atoms with E-state index in [9.17, 15) is 9.59 Å². The Balaban J connectivity index is 2.09. The molecule has 39 heavy (non-hydrogen) atoms. The van der Waals surface area contributed by atoms with Gasteiger partial charge in [-0.25, -0.2) is 13.9 Å². The molecule has 1 aromatic carbocycles. The molecule has 0 radical (unpaired) electrons. The summed E-state index contributed by atoms with van der Waals surface area (Å²) in [6, 6.07) is 10.5. The first kappa shape index (κ1) is 32.3. The van der Waals surface area contributed by atoms with E-state index in [4.69, 9.17) is 9.47 Å². The lowest BCUT2D eigenvalue weighted by Gasteiger charge is -2.25. The van der Waals surface area contributed by atoms with Crippen molar-refractivity contribution in [2.75, 3.05) is 7.11 Å². The first-order valence-electron chi connectivity index (χ1n) is 15.0. The van der Waals surface area contributed by atoms with Crippen LogP contribution in [0, 0.1) is 0 Å². The fraction of sp³-hybridized carbons (Fsp3) is 0.606. The number of hydrogen-bond acceptors (Lipinski definition) is 4. The third-order valence-corrected chi connectivity index (χ3v) is 7.29. The van der Waals surface area contributed by atoms with Gasteiger partial charge in [0.05, 0.1) is 7.11 Å². The molecule has 0 aliphatic carbocycles. The number of rotatable bonds is 21. The third kappa shape index (κ3) is 13.1. The molecule has 0 aliphatic heterocycles. The summed E-state index contributed by atoms with van der Waals surface area (Å²) in [6.45, 7) is 8.58. The largest absolute Gasteiger partial charge is 0.469 e. The summed E-state index contributed by atoms with van der Waals surface area (Å²) >= 11 is 0. The summed E-state index contributed by atoms with van der Waals surface area (Å²) in [4.78, 5) is 24.0. The van der Waals surface area contributed by atoms with Crippen LogP contribution in [-0.2, 0) is 25.6 Å². The second kappa shape index (κ2) is 19.2. The van der Waals surface area contributed by atoms with E-state index < -0.39 is 0 Å². The minimum Gasteiger partial charge on any atom is -0.469 e. The monoisotopic (exact) mass is 539 g/mol. The van der Waals surface area contributed by atoms with Gasteiger partial charge in [-0.1, -0.05) is 95.2 Å². The summed E-state index contributed by atoms with van der Waals surface area (Å²) in [6.07, 6.45) is 20.8. The SMILES string of the molecule is C=C(C)C(=O)OC(CCCCCCCC)C(CCCCCCCC(=O)OC)n1cc[n+](Cc2ccccc2)c1. The van der Waals surface area contributed by atoms with Crippen LogP contribution in [-0.4, -0.2) is 29.7 Å². The lowest BCUT2D eigenvalue weighted by Crippen LogP contribution is -2.34. The quantitative estimate of drug-likeness (QED) is 0.0713. The Hall–Kier alpha value is -2.89. The Morgan fingerprint density at radius 3 is 2.23 bits per heavy atom. The molecule has 0 saturated carbocycles. The molecule has 0 spiro atoms. The molecule has 0 N–H and O–H groups in total. The molecule has 0 saturated heterocycles. The number of aromatic nitrogens is 2. The van der Waals surface area contributed by atoms with Gasteiger partial charge in [0.2, 0.25) is 6.33 Å². The molecule has 0 amide bonds. The average molecular weight is 540 g/mol. The summed E-state index contributed by atoms with van der Waals surface area (Å²) in [5.74, 6) is -0.438. The van der Waals surface area contributed by atoms with Crippen LogP contribution in [0.1, 0.15) is 115 Å². The van der Waals surface area contributed by atoms with E-state index in [0.29, 0.717) is 12.0 Å². The maximum absolute atomic E-state index is 12.7. The number of ether oxygens (including phenoxy) is 2. The highest BCUT2D eigenvalue weighted by Crippen LogP contribution is 2.27. The van der Waals surface area contributed by atoms with Crippen molar-refractivity contribution in [3.63, 3.8) is 0 Å². The van der Waals surface area contributed by atoms with Crippen LogP contribution in [0.5, 0.6) is 0 Å². The summed E-state index contributed by atoms with van der Waals surface area (Å²) < 4.78 is 15.3. The first-order valence-corrected chi connectivity index (χ1v) is 15.0. The van der Waals surface area contributed by atoms with E-state index >= 15 is 0 Å². The number of benzene rings is 1. The molecule has 6 heteroatoms. The van der Waals surface area contributed by atoms with Crippen LogP contribution >= 0.6 is 0 Å². The predicted octanol–water partition coefficient (Wildman–Crippen LogP) is 7.51. The van der Waals surface area contributed by atoms with Crippen LogP contribution in [0.2, 0.25) is 0 Å². The number of methoxy groups -OCH3 is 1. The van der Waals surface area contributed by atoms with Gasteiger partial charge in [-0.3, -0.25) is 4.79 Å². The normalized spacial score (nSPS) is 12.6. The molecular weight excluding hydrogens is 488 g/mol. The molecule has 2 unspecified atom stereocenters. The van der Waals surface area contributed by atoms with Crippen molar-refractivity contribution in [1.29, 1.82) is 0 Å². The van der Waals surface area contributed by atoms with Gasteiger partial charge < -0.3 is 9.47 Å². The molecule has 1 heterocycles. The highest BCUT2D eigenvalue weighted by Gasteiger charge is 2.30. The second-order valence-corrected chi connectivity index (χ2v) is 10.7. The molecule has 2 aromatic rings. The molecule has 6 nitrogen and oxygen atoms in total. The van der Waals surface area contributed by atoms with Gasteiger partial charge in [0.25, 0.3) is 0 Å². The van der Waals surface area contributed by atoms with Crippen LogP contribution < -0.4 is 4.57 Å². The maximum atomic E-state index is 12.7. The van der Waals surface area contributed by atoms with Crippen molar-refractivity contribution < 1.29 is 23.6 Å². The van der Waals surface area contributed by atoms with Crippen molar-refractivity contribution in [2.45, 2.75) is 122 Å². The van der Waals surface area contributed by atoms with Crippen molar-refractivity contribution in [3.8, 4) is 0 Å². The van der Waals surface area contributed by atoms with Gasteiger partial charge >= 0.3 is 11.9 Å². The number of unbranched alkanes of at least 4 members (excludes halogenated alkanes) is 9. The lowest BCUT2D eigenvalue weighted by atomic mass is 9.97. The molecule has 0 aliphatic rings. The predicted molar refractivity (Wildman–Crippen MR) is 156 cm³/mol. The van der Waals surface area contributed by atoms with Crippen LogP contribution in [0.15, 0.2) is 61.2 Å².